The number of pyridine rings is 1. The second-order valence-electron chi connectivity index (χ2n) is 3.94. The van der Waals surface area contributed by atoms with E-state index in [2.05, 4.69) is 31.2 Å². The molecule has 0 N–H and O–H groups in total. The summed E-state index contributed by atoms with van der Waals surface area (Å²) in [6, 6.07) is 5.97. The smallest absolute Gasteiger partial charge is 0.0796 e. The Labute approximate surface area is 75.2 Å². The van der Waals surface area contributed by atoms with Crippen LogP contribution in [0.3, 0.4) is 0 Å². The lowest BCUT2D eigenvalue weighted by Crippen LogP contribution is -2.22. The molecular weight excluding hydrogens is 162 g/mol. The third-order valence-corrected chi connectivity index (χ3v) is 3.95. The summed E-state index contributed by atoms with van der Waals surface area (Å²) in [5.41, 5.74) is 1.05. The highest BCUT2D eigenvalue weighted by Crippen LogP contribution is 2.21. The van der Waals surface area contributed by atoms with E-state index in [4.69, 9.17) is 0 Å². The highest BCUT2D eigenvalue weighted by Gasteiger charge is 2.19. The minimum atomic E-state index is -1.26. The van der Waals surface area contributed by atoms with Crippen molar-refractivity contribution in [2.24, 2.45) is 0 Å². The van der Waals surface area contributed by atoms with Gasteiger partial charge in [0.1, 0.15) is 0 Å². The Bertz CT molecular complexity index is 272. The molecule has 2 heteroatoms. The molecule has 1 nitrogen and oxygen atoms in total. The fourth-order valence-electron chi connectivity index (χ4n) is 0.925. The quantitative estimate of drug-likeness (QED) is 0.633. The van der Waals surface area contributed by atoms with Crippen molar-refractivity contribution in [3.8, 4) is 0 Å². The van der Waals surface area contributed by atoms with Crippen molar-refractivity contribution in [3.05, 3.63) is 36.7 Å². The van der Waals surface area contributed by atoms with Crippen LogP contribution in [0.25, 0.3) is 5.20 Å². The van der Waals surface area contributed by atoms with Crippen LogP contribution in [0.1, 0.15) is 5.69 Å². The third-order valence-electron chi connectivity index (χ3n) is 1.88. The van der Waals surface area contributed by atoms with Gasteiger partial charge in [-0.2, -0.15) is 0 Å². The minimum Gasteiger partial charge on any atom is -0.257 e. The van der Waals surface area contributed by atoms with E-state index < -0.39 is 8.07 Å². The first kappa shape index (κ1) is 9.20. The van der Waals surface area contributed by atoms with Gasteiger partial charge in [0.2, 0.25) is 0 Å². The normalized spacial score (nSPS) is 11.2. The van der Waals surface area contributed by atoms with Crippen molar-refractivity contribution < 1.29 is 0 Å². The summed E-state index contributed by atoms with van der Waals surface area (Å²) in [5, 5.41) is 1.23. The number of hydrogen-bond donors (Lipinski definition) is 0. The fourth-order valence-corrected chi connectivity index (χ4v) is 1.84. The Hall–Kier alpha value is -0.893. The lowest BCUT2D eigenvalue weighted by molar-refractivity contribution is 1.29. The van der Waals surface area contributed by atoms with Gasteiger partial charge in [0.05, 0.1) is 13.8 Å². The Balaban J connectivity index is 2.94. The van der Waals surface area contributed by atoms with Crippen LogP contribution >= 0.6 is 0 Å². The largest absolute Gasteiger partial charge is 0.257 e. The minimum absolute atomic E-state index is 1.05. The molecule has 1 heterocycles. The third kappa shape index (κ3) is 2.05. The van der Waals surface area contributed by atoms with Crippen LogP contribution in [-0.4, -0.2) is 13.1 Å². The van der Waals surface area contributed by atoms with Crippen molar-refractivity contribution in [1.29, 1.82) is 0 Å². The Morgan fingerprint density at radius 1 is 1.33 bits per heavy atom. The van der Waals surface area contributed by atoms with E-state index in [1.54, 1.807) is 0 Å². The summed E-state index contributed by atoms with van der Waals surface area (Å²) >= 11 is 0. The van der Waals surface area contributed by atoms with E-state index in [0.29, 0.717) is 0 Å². The van der Waals surface area contributed by atoms with Crippen LogP contribution in [0.2, 0.25) is 19.6 Å². The molecule has 0 spiro atoms. The van der Waals surface area contributed by atoms with Gasteiger partial charge in [-0.25, -0.2) is 0 Å². The predicted molar refractivity (Wildman–Crippen MR) is 56.6 cm³/mol. The first-order chi connectivity index (χ1) is 5.52. The second-order valence-corrected chi connectivity index (χ2v) is 9.05. The summed E-state index contributed by atoms with van der Waals surface area (Å²) in [5.74, 6) is 0. The van der Waals surface area contributed by atoms with E-state index in [-0.39, 0.29) is 0 Å². The fraction of sp³-hybridized carbons (Fsp3) is 0.300. The van der Waals surface area contributed by atoms with E-state index in [9.17, 15) is 0 Å². The highest BCUT2D eigenvalue weighted by molar-refractivity contribution is 6.93. The second kappa shape index (κ2) is 3.23. The van der Waals surface area contributed by atoms with Gasteiger partial charge in [-0.3, -0.25) is 4.98 Å². The molecule has 1 aromatic rings. The summed E-state index contributed by atoms with van der Waals surface area (Å²) in [6.45, 7) is 10.9. The molecule has 0 fully saturated rings. The molecule has 0 bridgehead atoms. The standard InChI is InChI=1S/C10H15NSi/c1-9(12(2,3)4)10-7-5-6-8-11-10/h5-8H,1H2,2-4H3. The van der Waals surface area contributed by atoms with Crippen LogP contribution in [0.15, 0.2) is 31.0 Å². The number of rotatable bonds is 2. The zero-order valence-corrected chi connectivity index (χ0v) is 8.96. The van der Waals surface area contributed by atoms with Crippen LogP contribution in [0.4, 0.5) is 0 Å². The molecule has 0 aliphatic carbocycles. The summed E-state index contributed by atoms with van der Waals surface area (Å²) < 4.78 is 0. The molecule has 0 aliphatic heterocycles. The maximum absolute atomic E-state index is 4.28. The highest BCUT2D eigenvalue weighted by atomic mass is 28.3. The van der Waals surface area contributed by atoms with Gasteiger partial charge in [-0.15, -0.1) is 0 Å². The van der Waals surface area contributed by atoms with Crippen LogP contribution in [0.5, 0.6) is 0 Å². The molecule has 0 amide bonds. The summed E-state index contributed by atoms with van der Waals surface area (Å²) in [7, 11) is -1.26. The predicted octanol–water partition coefficient (Wildman–Crippen LogP) is 2.97. The molecule has 0 aromatic carbocycles. The lowest BCUT2D eigenvalue weighted by Gasteiger charge is -2.18. The van der Waals surface area contributed by atoms with E-state index in [1.165, 1.54) is 5.20 Å². The van der Waals surface area contributed by atoms with Crippen molar-refractivity contribution >= 4 is 13.3 Å². The van der Waals surface area contributed by atoms with E-state index >= 15 is 0 Å². The molecule has 0 saturated carbocycles. The van der Waals surface area contributed by atoms with Crippen molar-refractivity contribution in [2.45, 2.75) is 19.6 Å². The first-order valence-corrected chi connectivity index (χ1v) is 7.62. The van der Waals surface area contributed by atoms with Crippen molar-refractivity contribution in [3.63, 3.8) is 0 Å². The SMILES string of the molecule is C=C(c1ccccn1)[Si](C)(C)C. The summed E-state index contributed by atoms with van der Waals surface area (Å²) in [6.07, 6.45) is 1.82. The Kier molecular flexibility index (Phi) is 2.48. The zero-order chi connectivity index (χ0) is 9.19. The lowest BCUT2D eigenvalue weighted by atomic mass is 10.3. The number of nitrogens with zero attached hydrogens (tertiary/aromatic N) is 1. The average Bonchev–Trinajstić information content (AvgIpc) is 2.03. The van der Waals surface area contributed by atoms with E-state index in [1.807, 2.05) is 24.4 Å². The van der Waals surface area contributed by atoms with Gasteiger partial charge in [-0.05, 0) is 17.3 Å². The Morgan fingerprint density at radius 3 is 2.42 bits per heavy atom. The molecule has 0 aliphatic rings. The first-order valence-electron chi connectivity index (χ1n) is 4.12. The van der Waals surface area contributed by atoms with E-state index in [0.717, 1.165) is 5.69 Å². The van der Waals surface area contributed by atoms with Gasteiger partial charge >= 0.3 is 0 Å². The van der Waals surface area contributed by atoms with Gasteiger partial charge in [0.25, 0.3) is 0 Å². The van der Waals surface area contributed by atoms with Gasteiger partial charge < -0.3 is 0 Å². The zero-order valence-electron chi connectivity index (χ0n) is 7.96. The molecule has 1 rings (SSSR count). The molecule has 64 valence electrons. The van der Waals surface area contributed by atoms with Gasteiger partial charge in [-0.1, -0.05) is 32.3 Å². The molecule has 1 aromatic heterocycles. The molecule has 0 radical (unpaired) electrons. The maximum Gasteiger partial charge on any atom is 0.0796 e. The van der Waals surface area contributed by atoms with Gasteiger partial charge in [0.15, 0.2) is 0 Å². The summed E-state index contributed by atoms with van der Waals surface area (Å²) in [4.78, 5) is 4.28. The van der Waals surface area contributed by atoms with Crippen LogP contribution in [0, 0.1) is 0 Å². The molecule has 0 unspecified atom stereocenters. The van der Waals surface area contributed by atoms with Crippen molar-refractivity contribution in [1.82, 2.24) is 4.98 Å². The maximum atomic E-state index is 4.28. The van der Waals surface area contributed by atoms with Crippen LogP contribution < -0.4 is 0 Å². The van der Waals surface area contributed by atoms with Crippen molar-refractivity contribution in [2.75, 3.05) is 0 Å². The topological polar surface area (TPSA) is 12.9 Å². The average molecular weight is 177 g/mol. The number of aromatic nitrogens is 1. The number of hydrogen-bond acceptors (Lipinski definition) is 1. The molecule has 0 saturated heterocycles. The monoisotopic (exact) mass is 177 g/mol. The molecule has 12 heavy (non-hydrogen) atoms. The molecular formula is C10H15NSi. The molecule has 0 atom stereocenters. The van der Waals surface area contributed by atoms with Gasteiger partial charge in [0, 0.05) is 6.20 Å². The Morgan fingerprint density at radius 2 is 2.00 bits per heavy atom. The van der Waals surface area contributed by atoms with Crippen LogP contribution in [-0.2, 0) is 0 Å².